The van der Waals surface area contributed by atoms with E-state index in [1.165, 1.54) is 0 Å². The van der Waals surface area contributed by atoms with Gasteiger partial charge in [-0.3, -0.25) is 4.79 Å². The standard InChI is InChI=1S/C14H19NO3/c1-9-4-12-13(5-10(9)11(16)6-15)18-8-14(2,3)7-17-12/h4-5H,6-8,15H2,1-3H3. The normalized spacial score (nSPS) is 17.1. The Morgan fingerprint density at radius 3 is 2.39 bits per heavy atom. The van der Waals surface area contributed by atoms with Crippen LogP contribution in [0.15, 0.2) is 12.1 Å². The lowest BCUT2D eigenvalue weighted by atomic mass is 9.97. The highest BCUT2D eigenvalue weighted by atomic mass is 16.5. The molecular weight excluding hydrogens is 230 g/mol. The molecule has 1 heterocycles. The van der Waals surface area contributed by atoms with Gasteiger partial charge in [0, 0.05) is 11.0 Å². The van der Waals surface area contributed by atoms with Crippen molar-refractivity contribution in [1.29, 1.82) is 0 Å². The van der Waals surface area contributed by atoms with Crippen LogP contribution in [0.3, 0.4) is 0 Å². The van der Waals surface area contributed by atoms with E-state index < -0.39 is 0 Å². The average molecular weight is 249 g/mol. The maximum Gasteiger partial charge on any atom is 0.176 e. The van der Waals surface area contributed by atoms with Crippen LogP contribution in [0.2, 0.25) is 0 Å². The summed E-state index contributed by atoms with van der Waals surface area (Å²) in [6.45, 7) is 7.22. The van der Waals surface area contributed by atoms with Gasteiger partial charge in [0.2, 0.25) is 0 Å². The maximum absolute atomic E-state index is 11.7. The van der Waals surface area contributed by atoms with Crippen molar-refractivity contribution in [3.63, 3.8) is 0 Å². The molecule has 0 radical (unpaired) electrons. The number of benzene rings is 1. The lowest BCUT2D eigenvalue weighted by molar-refractivity contribution is 0.1000. The Hall–Kier alpha value is -1.55. The van der Waals surface area contributed by atoms with Crippen molar-refractivity contribution in [2.75, 3.05) is 19.8 Å². The Balaban J connectivity index is 2.39. The molecule has 0 fully saturated rings. The van der Waals surface area contributed by atoms with Crippen LogP contribution >= 0.6 is 0 Å². The summed E-state index contributed by atoms with van der Waals surface area (Å²) < 4.78 is 11.5. The number of rotatable bonds is 2. The minimum absolute atomic E-state index is 0.00593. The second-order valence-corrected chi connectivity index (χ2v) is 5.48. The summed E-state index contributed by atoms with van der Waals surface area (Å²) in [5, 5.41) is 0. The molecule has 0 saturated heterocycles. The topological polar surface area (TPSA) is 61.6 Å². The van der Waals surface area contributed by atoms with Crippen molar-refractivity contribution < 1.29 is 14.3 Å². The van der Waals surface area contributed by atoms with E-state index in [0.29, 0.717) is 30.3 Å². The summed E-state index contributed by atoms with van der Waals surface area (Å²) in [5.41, 5.74) is 6.84. The maximum atomic E-state index is 11.7. The van der Waals surface area contributed by atoms with Crippen LogP contribution in [0, 0.1) is 12.3 Å². The van der Waals surface area contributed by atoms with E-state index in [1.54, 1.807) is 6.07 Å². The molecule has 0 amide bonds. The number of aryl methyl sites for hydroxylation is 1. The SMILES string of the molecule is Cc1cc2c(cc1C(=O)CN)OCC(C)(C)CO2. The van der Waals surface area contributed by atoms with Gasteiger partial charge < -0.3 is 15.2 Å². The van der Waals surface area contributed by atoms with Crippen LogP contribution in [0.25, 0.3) is 0 Å². The van der Waals surface area contributed by atoms with Crippen LogP contribution < -0.4 is 15.2 Å². The fourth-order valence-electron chi connectivity index (χ4n) is 1.89. The summed E-state index contributed by atoms with van der Waals surface area (Å²) >= 11 is 0. The molecule has 1 aliphatic rings. The predicted octanol–water partition coefficient (Wildman–Crippen LogP) is 1.93. The molecule has 1 aliphatic heterocycles. The molecule has 0 unspecified atom stereocenters. The smallest absolute Gasteiger partial charge is 0.176 e. The zero-order valence-corrected chi connectivity index (χ0v) is 11.1. The molecule has 0 spiro atoms. The first-order valence-electron chi connectivity index (χ1n) is 6.06. The second-order valence-electron chi connectivity index (χ2n) is 5.48. The van der Waals surface area contributed by atoms with Gasteiger partial charge in [0.25, 0.3) is 0 Å². The number of ketones is 1. The van der Waals surface area contributed by atoms with Gasteiger partial charge in [0.15, 0.2) is 17.3 Å². The Morgan fingerprint density at radius 2 is 1.83 bits per heavy atom. The Kier molecular flexibility index (Phi) is 3.30. The molecular formula is C14H19NO3. The third-order valence-electron chi connectivity index (χ3n) is 3.01. The minimum atomic E-state index is -0.0811. The first kappa shape index (κ1) is 12.9. The van der Waals surface area contributed by atoms with Crippen LogP contribution in [0.5, 0.6) is 11.5 Å². The Bertz CT molecular complexity index is 480. The number of fused-ring (bicyclic) bond motifs is 1. The molecule has 98 valence electrons. The number of nitrogens with two attached hydrogens (primary N) is 1. The van der Waals surface area contributed by atoms with Crippen molar-refractivity contribution in [2.24, 2.45) is 11.1 Å². The molecule has 0 aliphatic carbocycles. The molecule has 4 heteroatoms. The lowest BCUT2D eigenvalue weighted by Crippen LogP contribution is -2.26. The zero-order chi connectivity index (χ0) is 13.3. The molecule has 4 nitrogen and oxygen atoms in total. The zero-order valence-electron chi connectivity index (χ0n) is 11.1. The number of carbonyl (C=O) groups excluding carboxylic acids is 1. The highest BCUT2D eigenvalue weighted by Gasteiger charge is 2.26. The molecule has 0 bridgehead atoms. The average Bonchev–Trinajstić information content (AvgIpc) is 2.47. The van der Waals surface area contributed by atoms with Gasteiger partial charge in [-0.2, -0.15) is 0 Å². The van der Waals surface area contributed by atoms with E-state index in [9.17, 15) is 4.79 Å². The molecule has 1 aromatic rings. The Labute approximate surface area is 107 Å². The molecule has 2 N–H and O–H groups in total. The number of hydrogen-bond donors (Lipinski definition) is 1. The van der Waals surface area contributed by atoms with Crippen LogP contribution in [0.4, 0.5) is 0 Å². The van der Waals surface area contributed by atoms with E-state index in [-0.39, 0.29) is 17.7 Å². The Morgan fingerprint density at radius 1 is 1.28 bits per heavy atom. The fourth-order valence-corrected chi connectivity index (χ4v) is 1.89. The molecule has 0 aromatic heterocycles. The first-order valence-corrected chi connectivity index (χ1v) is 6.06. The van der Waals surface area contributed by atoms with Crippen molar-refractivity contribution in [2.45, 2.75) is 20.8 Å². The van der Waals surface area contributed by atoms with Gasteiger partial charge in [0.1, 0.15) is 0 Å². The van der Waals surface area contributed by atoms with Gasteiger partial charge in [-0.1, -0.05) is 13.8 Å². The first-order chi connectivity index (χ1) is 8.43. The third-order valence-corrected chi connectivity index (χ3v) is 3.01. The summed E-state index contributed by atoms with van der Waals surface area (Å²) in [6.07, 6.45) is 0. The molecule has 1 aromatic carbocycles. The summed E-state index contributed by atoms with van der Waals surface area (Å²) in [5.74, 6) is 1.25. The molecule has 0 atom stereocenters. The van der Waals surface area contributed by atoms with Crippen molar-refractivity contribution in [3.05, 3.63) is 23.3 Å². The fraction of sp³-hybridized carbons (Fsp3) is 0.500. The quantitative estimate of drug-likeness (QED) is 0.814. The molecule has 2 rings (SSSR count). The van der Waals surface area contributed by atoms with E-state index in [2.05, 4.69) is 13.8 Å². The van der Waals surface area contributed by atoms with Gasteiger partial charge in [-0.15, -0.1) is 0 Å². The third kappa shape index (κ3) is 2.48. The van der Waals surface area contributed by atoms with Crippen LogP contribution in [-0.4, -0.2) is 25.5 Å². The van der Waals surface area contributed by atoms with Gasteiger partial charge in [0.05, 0.1) is 19.8 Å². The van der Waals surface area contributed by atoms with Crippen molar-refractivity contribution in [3.8, 4) is 11.5 Å². The summed E-state index contributed by atoms with van der Waals surface area (Å²) in [7, 11) is 0. The lowest BCUT2D eigenvalue weighted by Gasteiger charge is -2.19. The van der Waals surface area contributed by atoms with Crippen molar-refractivity contribution in [1.82, 2.24) is 0 Å². The number of carbonyl (C=O) groups is 1. The largest absolute Gasteiger partial charge is 0.489 e. The molecule has 18 heavy (non-hydrogen) atoms. The predicted molar refractivity (Wildman–Crippen MR) is 69.3 cm³/mol. The number of ether oxygens (including phenoxy) is 2. The second kappa shape index (κ2) is 4.61. The minimum Gasteiger partial charge on any atom is -0.489 e. The van der Waals surface area contributed by atoms with E-state index in [4.69, 9.17) is 15.2 Å². The van der Waals surface area contributed by atoms with Crippen LogP contribution in [0.1, 0.15) is 29.8 Å². The highest BCUT2D eigenvalue weighted by Crippen LogP contribution is 2.35. The van der Waals surface area contributed by atoms with E-state index >= 15 is 0 Å². The monoisotopic (exact) mass is 249 g/mol. The van der Waals surface area contributed by atoms with E-state index in [1.807, 2.05) is 13.0 Å². The number of hydrogen-bond acceptors (Lipinski definition) is 4. The van der Waals surface area contributed by atoms with Gasteiger partial charge in [-0.05, 0) is 24.6 Å². The number of Topliss-reactive ketones (excluding diaryl/α,β-unsaturated/α-hetero) is 1. The van der Waals surface area contributed by atoms with Crippen molar-refractivity contribution >= 4 is 5.78 Å². The van der Waals surface area contributed by atoms with Gasteiger partial charge >= 0.3 is 0 Å². The van der Waals surface area contributed by atoms with E-state index in [0.717, 1.165) is 5.56 Å². The summed E-state index contributed by atoms with van der Waals surface area (Å²) in [4.78, 5) is 11.7. The van der Waals surface area contributed by atoms with Gasteiger partial charge in [-0.25, -0.2) is 0 Å². The molecule has 0 saturated carbocycles. The van der Waals surface area contributed by atoms with Crippen LogP contribution in [-0.2, 0) is 0 Å². The highest BCUT2D eigenvalue weighted by molar-refractivity contribution is 5.99. The summed E-state index contributed by atoms with van der Waals surface area (Å²) in [6, 6.07) is 3.58.